The van der Waals surface area contributed by atoms with Crippen molar-refractivity contribution in [1.29, 1.82) is 0 Å². The summed E-state index contributed by atoms with van der Waals surface area (Å²) in [5.41, 5.74) is -0.712. The molecule has 4 nitrogen and oxygen atoms in total. The van der Waals surface area contributed by atoms with E-state index in [1.165, 1.54) is 0 Å². The molecule has 2 aliphatic heterocycles. The average Bonchev–Trinajstić information content (AvgIpc) is 2.20. The van der Waals surface area contributed by atoms with Gasteiger partial charge in [0.1, 0.15) is 5.72 Å². The van der Waals surface area contributed by atoms with Crippen molar-refractivity contribution >= 4 is 6.34 Å². The minimum absolute atomic E-state index is 0.712. The van der Waals surface area contributed by atoms with Crippen molar-refractivity contribution in [3.63, 3.8) is 0 Å². The summed E-state index contributed by atoms with van der Waals surface area (Å²) in [5, 5.41) is 14.5. The fourth-order valence-electron chi connectivity index (χ4n) is 1.71. The van der Waals surface area contributed by atoms with Crippen molar-refractivity contribution in [3.8, 4) is 0 Å². The zero-order chi connectivity index (χ0) is 9.15. The monoisotopic (exact) mass is 180 g/mol. The maximum atomic E-state index is 10.2. The highest BCUT2D eigenvalue weighted by molar-refractivity contribution is 5.58. The molecular formula is C9H14N3O. The molecule has 0 aromatic heterocycles. The third-order valence-corrected chi connectivity index (χ3v) is 2.57. The second-order valence-electron chi connectivity index (χ2n) is 3.45. The predicted molar refractivity (Wildman–Crippen MR) is 50.4 cm³/mol. The van der Waals surface area contributed by atoms with Crippen molar-refractivity contribution in [2.45, 2.75) is 18.6 Å². The van der Waals surface area contributed by atoms with Crippen molar-refractivity contribution < 1.29 is 5.11 Å². The van der Waals surface area contributed by atoms with E-state index in [9.17, 15) is 5.11 Å². The van der Waals surface area contributed by atoms with E-state index in [4.69, 9.17) is 0 Å². The molecule has 4 heteroatoms. The van der Waals surface area contributed by atoms with Crippen LogP contribution in [-0.2, 0) is 0 Å². The zero-order valence-corrected chi connectivity index (χ0v) is 7.56. The minimum atomic E-state index is -0.712. The Hall–Kier alpha value is -0.870. The molecule has 1 radical (unpaired) electrons. The van der Waals surface area contributed by atoms with Crippen LogP contribution in [0.15, 0.2) is 17.3 Å². The Balaban J connectivity index is 2.04. The van der Waals surface area contributed by atoms with E-state index in [0.29, 0.717) is 12.8 Å². The summed E-state index contributed by atoms with van der Waals surface area (Å²) in [4.78, 5) is 5.90. The van der Waals surface area contributed by atoms with Crippen molar-refractivity contribution in [2.24, 2.45) is 4.99 Å². The van der Waals surface area contributed by atoms with Gasteiger partial charge in [0.05, 0.1) is 6.34 Å². The highest BCUT2D eigenvalue weighted by Crippen LogP contribution is 2.23. The second kappa shape index (κ2) is 3.47. The molecule has 0 atom stereocenters. The van der Waals surface area contributed by atoms with Crippen LogP contribution in [0.5, 0.6) is 0 Å². The maximum absolute atomic E-state index is 10.2. The Bertz CT molecular complexity index is 231. The molecule has 1 N–H and O–H groups in total. The molecule has 2 aliphatic rings. The molecule has 0 spiro atoms. The van der Waals surface area contributed by atoms with E-state index in [0.717, 1.165) is 19.6 Å². The third-order valence-electron chi connectivity index (χ3n) is 2.57. The summed E-state index contributed by atoms with van der Waals surface area (Å²) in [6, 6.07) is 0. The van der Waals surface area contributed by atoms with Crippen LogP contribution in [0.2, 0.25) is 0 Å². The molecule has 0 bridgehead atoms. The van der Waals surface area contributed by atoms with Crippen molar-refractivity contribution in [2.75, 3.05) is 19.6 Å². The lowest BCUT2D eigenvalue weighted by atomic mass is 10.0. The molecular weight excluding hydrogens is 166 g/mol. The van der Waals surface area contributed by atoms with Crippen LogP contribution in [0.1, 0.15) is 12.8 Å². The summed E-state index contributed by atoms with van der Waals surface area (Å²) >= 11 is 0. The molecule has 2 rings (SSSR count). The first-order valence-corrected chi connectivity index (χ1v) is 4.62. The molecule has 13 heavy (non-hydrogen) atoms. The second-order valence-corrected chi connectivity index (χ2v) is 3.45. The average molecular weight is 180 g/mol. The number of hydrogen-bond acceptors (Lipinski definition) is 3. The fraction of sp³-hybridized carbons (Fsp3) is 0.667. The normalized spacial score (nSPS) is 26.4. The number of aliphatic imine (C=N–C) groups is 1. The van der Waals surface area contributed by atoms with E-state index in [2.05, 4.69) is 10.3 Å². The van der Waals surface area contributed by atoms with Crippen LogP contribution >= 0.6 is 0 Å². The molecule has 1 saturated heterocycles. The number of hydrogen-bond donors (Lipinski definition) is 1. The van der Waals surface area contributed by atoms with E-state index in [1.807, 2.05) is 11.0 Å². The summed E-state index contributed by atoms with van der Waals surface area (Å²) in [5.74, 6) is 0. The van der Waals surface area contributed by atoms with Crippen molar-refractivity contribution in [3.05, 3.63) is 12.3 Å². The van der Waals surface area contributed by atoms with Gasteiger partial charge in [-0.3, -0.25) is 0 Å². The van der Waals surface area contributed by atoms with Gasteiger partial charge in [-0.2, -0.15) is 0 Å². The highest BCUT2D eigenvalue weighted by Gasteiger charge is 2.34. The van der Waals surface area contributed by atoms with Gasteiger partial charge in [-0.1, -0.05) is 0 Å². The Labute approximate surface area is 78.0 Å². The predicted octanol–water partition coefficient (Wildman–Crippen LogP) is -0.0692. The van der Waals surface area contributed by atoms with E-state index in [1.54, 1.807) is 12.5 Å². The molecule has 0 saturated carbocycles. The van der Waals surface area contributed by atoms with Crippen LogP contribution in [0.4, 0.5) is 0 Å². The number of nitrogens with zero attached hydrogens (tertiary/aromatic N) is 3. The smallest absolute Gasteiger partial charge is 0.141 e. The quantitative estimate of drug-likeness (QED) is 0.614. The molecule has 0 amide bonds. The van der Waals surface area contributed by atoms with Gasteiger partial charge >= 0.3 is 0 Å². The van der Waals surface area contributed by atoms with Gasteiger partial charge in [-0.15, -0.1) is 0 Å². The standard InChI is InChI=1S/C9H14N3O/c13-9(2-5-10-6-3-9)12-7-1-4-11-8-12/h1,4,8,13H,2-3,5-7H2. The number of piperidine rings is 1. The van der Waals surface area contributed by atoms with Crippen LogP contribution in [0, 0.1) is 0 Å². The van der Waals surface area contributed by atoms with Gasteiger partial charge in [0, 0.05) is 38.7 Å². The van der Waals surface area contributed by atoms with Crippen LogP contribution in [-0.4, -0.2) is 41.7 Å². The summed E-state index contributed by atoms with van der Waals surface area (Å²) in [7, 11) is 0. The van der Waals surface area contributed by atoms with Gasteiger partial charge < -0.3 is 10.0 Å². The van der Waals surface area contributed by atoms with Gasteiger partial charge in [-0.25, -0.2) is 10.3 Å². The highest BCUT2D eigenvalue weighted by atomic mass is 16.3. The maximum Gasteiger partial charge on any atom is 0.141 e. The van der Waals surface area contributed by atoms with E-state index >= 15 is 0 Å². The SMILES string of the molecule is OC1(N2C=NC=CC2)CC[N]CC1. The van der Waals surface area contributed by atoms with Crippen molar-refractivity contribution in [1.82, 2.24) is 10.2 Å². The zero-order valence-electron chi connectivity index (χ0n) is 7.56. The molecule has 1 fully saturated rings. The van der Waals surface area contributed by atoms with Gasteiger partial charge in [0.25, 0.3) is 0 Å². The molecule has 0 aliphatic carbocycles. The number of aliphatic hydroxyl groups is 1. The molecule has 71 valence electrons. The van der Waals surface area contributed by atoms with E-state index < -0.39 is 5.72 Å². The lowest BCUT2D eigenvalue weighted by Crippen LogP contribution is -2.53. The Morgan fingerprint density at radius 2 is 2.08 bits per heavy atom. The largest absolute Gasteiger partial charge is 0.371 e. The summed E-state index contributed by atoms with van der Waals surface area (Å²) < 4.78 is 0. The first kappa shape index (κ1) is 8.72. The van der Waals surface area contributed by atoms with E-state index in [-0.39, 0.29) is 0 Å². The van der Waals surface area contributed by atoms with Crippen LogP contribution in [0.3, 0.4) is 0 Å². The first-order chi connectivity index (χ1) is 6.31. The molecule has 2 heterocycles. The lowest BCUT2D eigenvalue weighted by Gasteiger charge is -2.41. The molecule has 0 aromatic carbocycles. The van der Waals surface area contributed by atoms with Gasteiger partial charge in [0.15, 0.2) is 0 Å². The first-order valence-electron chi connectivity index (χ1n) is 4.62. The fourth-order valence-corrected chi connectivity index (χ4v) is 1.71. The summed E-state index contributed by atoms with van der Waals surface area (Å²) in [6.45, 7) is 2.26. The Morgan fingerprint density at radius 3 is 2.69 bits per heavy atom. The Morgan fingerprint density at radius 1 is 1.31 bits per heavy atom. The van der Waals surface area contributed by atoms with Crippen LogP contribution in [0.25, 0.3) is 0 Å². The third kappa shape index (κ3) is 1.73. The molecule has 0 aromatic rings. The van der Waals surface area contributed by atoms with Gasteiger partial charge in [-0.05, 0) is 6.08 Å². The Kier molecular flexibility index (Phi) is 2.33. The number of rotatable bonds is 1. The minimum Gasteiger partial charge on any atom is -0.371 e. The summed E-state index contributed by atoms with van der Waals surface area (Å²) in [6.07, 6.45) is 6.85. The topological polar surface area (TPSA) is 49.9 Å². The van der Waals surface area contributed by atoms with Gasteiger partial charge in [0.2, 0.25) is 0 Å². The van der Waals surface area contributed by atoms with Crippen LogP contribution < -0.4 is 5.32 Å². The molecule has 0 unspecified atom stereocenters. The lowest BCUT2D eigenvalue weighted by molar-refractivity contribution is -0.0852.